The van der Waals surface area contributed by atoms with Crippen molar-refractivity contribution >= 4 is 0 Å². The van der Waals surface area contributed by atoms with Crippen molar-refractivity contribution in [3.8, 4) is 5.88 Å². The van der Waals surface area contributed by atoms with E-state index < -0.39 is 0 Å². The van der Waals surface area contributed by atoms with Gasteiger partial charge in [-0.2, -0.15) is 0 Å². The minimum absolute atomic E-state index is 0.447. The molecule has 1 aliphatic carbocycles. The number of aryl methyl sites for hydroxylation is 2. The molecule has 1 aromatic heterocycles. The molecule has 23 heavy (non-hydrogen) atoms. The van der Waals surface area contributed by atoms with Gasteiger partial charge in [-0.1, -0.05) is 29.8 Å². The predicted molar refractivity (Wildman–Crippen MR) is 90.7 cm³/mol. The molecule has 3 rings (SSSR count). The zero-order chi connectivity index (χ0) is 16.1. The number of hydrogen-bond donors (Lipinski definition) is 1. The Hall–Kier alpha value is -1.91. The van der Waals surface area contributed by atoms with E-state index in [9.17, 15) is 0 Å². The Labute approximate surface area is 137 Å². The maximum Gasteiger partial charge on any atom is 0.213 e. The van der Waals surface area contributed by atoms with Crippen molar-refractivity contribution in [2.24, 2.45) is 0 Å². The van der Waals surface area contributed by atoms with Gasteiger partial charge >= 0.3 is 0 Å². The van der Waals surface area contributed by atoms with Crippen molar-refractivity contribution in [2.45, 2.75) is 32.4 Å². The van der Waals surface area contributed by atoms with Crippen molar-refractivity contribution in [3.63, 3.8) is 0 Å². The Bertz CT molecular complexity index is 640. The molecule has 1 N–H and O–H groups in total. The summed E-state index contributed by atoms with van der Waals surface area (Å²) in [6.45, 7) is 4.08. The molecular formula is C19H24N2O2. The van der Waals surface area contributed by atoms with Gasteiger partial charge in [0.05, 0.1) is 6.61 Å². The molecule has 4 heteroatoms. The van der Waals surface area contributed by atoms with E-state index in [1.54, 1.807) is 7.11 Å². The van der Waals surface area contributed by atoms with Crippen molar-refractivity contribution in [2.75, 3.05) is 20.3 Å². The minimum Gasteiger partial charge on any atom is -0.475 e. The number of fused-ring (bicyclic) bond motifs is 1. The predicted octanol–water partition coefficient (Wildman–Crippen LogP) is 3.19. The van der Waals surface area contributed by atoms with Crippen LogP contribution in [0, 0.1) is 6.92 Å². The lowest BCUT2D eigenvalue weighted by Gasteiger charge is -2.14. The molecule has 0 saturated heterocycles. The number of aromatic nitrogens is 1. The van der Waals surface area contributed by atoms with E-state index in [-0.39, 0.29) is 0 Å². The molecule has 1 aliphatic rings. The van der Waals surface area contributed by atoms with Crippen LogP contribution in [-0.2, 0) is 17.7 Å². The van der Waals surface area contributed by atoms with Gasteiger partial charge in [-0.15, -0.1) is 0 Å². The van der Waals surface area contributed by atoms with E-state index in [1.165, 1.54) is 28.7 Å². The molecule has 0 radical (unpaired) electrons. The molecule has 0 amide bonds. The lowest BCUT2D eigenvalue weighted by Crippen LogP contribution is -2.18. The molecule has 1 aromatic carbocycles. The number of nitrogens with zero attached hydrogens (tertiary/aromatic N) is 1. The second-order valence-corrected chi connectivity index (χ2v) is 6.02. The van der Waals surface area contributed by atoms with Gasteiger partial charge in [0, 0.05) is 32.0 Å². The second-order valence-electron chi connectivity index (χ2n) is 6.02. The van der Waals surface area contributed by atoms with Crippen LogP contribution in [0.15, 0.2) is 36.5 Å². The third-order valence-electron chi connectivity index (χ3n) is 4.27. The van der Waals surface area contributed by atoms with Crippen LogP contribution in [0.2, 0.25) is 0 Å². The highest BCUT2D eigenvalue weighted by atomic mass is 16.5. The maximum absolute atomic E-state index is 5.48. The van der Waals surface area contributed by atoms with Crippen LogP contribution in [0.3, 0.4) is 0 Å². The van der Waals surface area contributed by atoms with Gasteiger partial charge in [0.1, 0.15) is 6.61 Å². The third-order valence-corrected chi connectivity index (χ3v) is 4.27. The second kappa shape index (κ2) is 7.57. The number of benzene rings is 1. The Morgan fingerprint density at radius 3 is 2.91 bits per heavy atom. The lowest BCUT2D eigenvalue weighted by molar-refractivity contribution is 0.143. The summed E-state index contributed by atoms with van der Waals surface area (Å²) in [6, 6.07) is 11.2. The summed E-state index contributed by atoms with van der Waals surface area (Å²) in [5.41, 5.74) is 5.44. The number of methoxy groups -OCH3 is 1. The zero-order valence-electron chi connectivity index (χ0n) is 13.8. The van der Waals surface area contributed by atoms with Gasteiger partial charge in [0.2, 0.25) is 5.88 Å². The average Bonchev–Trinajstić information content (AvgIpc) is 2.96. The van der Waals surface area contributed by atoms with Crippen LogP contribution in [-0.4, -0.2) is 25.3 Å². The van der Waals surface area contributed by atoms with Crippen LogP contribution in [0.25, 0.3) is 0 Å². The van der Waals surface area contributed by atoms with Gasteiger partial charge in [0.15, 0.2) is 0 Å². The van der Waals surface area contributed by atoms with E-state index in [0.29, 0.717) is 25.1 Å². The summed E-state index contributed by atoms with van der Waals surface area (Å²) in [5, 5.41) is 3.65. The fourth-order valence-electron chi connectivity index (χ4n) is 3.01. The van der Waals surface area contributed by atoms with Crippen molar-refractivity contribution in [1.29, 1.82) is 0 Å². The van der Waals surface area contributed by atoms with Gasteiger partial charge in [-0.3, -0.25) is 0 Å². The van der Waals surface area contributed by atoms with E-state index >= 15 is 0 Å². The number of ether oxygens (including phenoxy) is 2. The Morgan fingerprint density at radius 1 is 1.22 bits per heavy atom. The highest BCUT2D eigenvalue weighted by Gasteiger charge is 2.21. The SMILES string of the molecule is COCCOc1ccc(CN[C@H]2CCc3ccc(C)cc32)cn1. The Kier molecular flexibility index (Phi) is 5.26. The summed E-state index contributed by atoms with van der Waals surface area (Å²) < 4.78 is 10.4. The van der Waals surface area contributed by atoms with Gasteiger partial charge in [-0.25, -0.2) is 4.98 Å². The molecule has 0 fully saturated rings. The number of rotatable bonds is 7. The maximum atomic E-state index is 5.48. The summed E-state index contributed by atoms with van der Waals surface area (Å²) in [7, 11) is 1.66. The zero-order valence-corrected chi connectivity index (χ0v) is 13.8. The van der Waals surface area contributed by atoms with Crippen LogP contribution in [0.4, 0.5) is 0 Å². The highest BCUT2D eigenvalue weighted by molar-refractivity contribution is 5.37. The number of pyridine rings is 1. The van der Waals surface area contributed by atoms with E-state index in [4.69, 9.17) is 9.47 Å². The smallest absolute Gasteiger partial charge is 0.213 e. The first-order chi connectivity index (χ1) is 11.3. The number of hydrogen-bond acceptors (Lipinski definition) is 4. The minimum atomic E-state index is 0.447. The average molecular weight is 312 g/mol. The molecule has 0 saturated carbocycles. The fraction of sp³-hybridized carbons (Fsp3) is 0.421. The monoisotopic (exact) mass is 312 g/mol. The first-order valence-corrected chi connectivity index (χ1v) is 8.16. The molecule has 4 nitrogen and oxygen atoms in total. The summed E-state index contributed by atoms with van der Waals surface area (Å²) in [5.74, 6) is 0.646. The van der Waals surface area contributed by atoms with Crippen molar-refractivity contribution in [1.82, 2.24) is 10.3 Å². The first-order valence-electron chi connectivity index (χ1n) is 8.16. The van der Waals surface area contributed by atoms with Crippen LogP contribution < -0.4 is 10.1 Å². The van der Waals surface area contributed by atoms with Crippen molar-refractivity contribution < 1.29 is 9.47 Å². The van der Waals surface area contributed by atoms with Crippen LogP contribution >= 0.6 is 0 Å². The molecule has 2 aromatic rings. The summed E-state index contributed by atoms with van der Waals surface area (Å²) in [4.78, 5) is 4.34. The molecule has 0 spiro atoms. The molecule has 0 unspecified atom stereocenters. The Morgan fingerprint density at radius 2 is 2.13 bits per heavy atom. The first kappa shape index (κ1) is 16.0. The molecule has 0 aliphatic heterocycles. The van der Waals surface area contributed by atoms with E-state index in [2.05, 4.69) is 41.5 Å². The van der Waals surface area contributed by atoms with Crippen molar-refractivity contribution in [3.05, 3.63) is 58.8 Å². The molecule has 1 heterocycles. The number of nitrogens with one attached hydrogen (secondary N) is 1. The molecule has 122 valence electrons. The van der Waals surface area contributed by atoms with Gasteiger partial charge in [-0.05, 0) is 36.5 Å². The topological polar surface area (TPSA) is 43.4 Å². The highest BCUT2D eigenvalue weighted by Crippen LogP contribution is 2.31. The fourth-order valence-corrected chi connectivity index (χ4v) is 3.01. The largest absolute Gasteiger partial charge is 0.475 e. The molecule has 0 bridgehead atoms. The quantitative estimate of drug-likeness (QED) is 0.797. The Balaban J connectivity index is 1.54. The summed E-state index contributed by atoms with van der Waals surface area (Å²) >= 11 is 0. The molecular weight excluding hydrogens is 288 g/mol. The third kappa shape index (κ3) is 4.09. The normalized spacial score (nSPS) is 16.3. The standard InChI is InChI=1S/C19H24N2O2/c1-14-3-5-16-6-7-18(17(16)11-14)20-12-15-4-8-19(21-13-15)23-10-9-22-2/h3-5,8,11,13,18,20H,6-7,9-10,12H2,1-2H3/t18-/m0/s1. The van der Waals surface area contributed by atoms with Crippen LogP contribution in [0.5, 0.6) is 5.88 Å². The lowest BCUT2D eigenvalue weighted by atomic mass is 10.0. The molecule has 1 atom stereocenters. The van der Waals surface area contributed by atoms with E-state index in [1.807, 2.05) is 12.3 Å². The van der Waals surface area contributed by atoms with Gasteiger partial charge < -0.3 is 14.8 Å². The van der Waals surface area contributed by atoms with E-state index in [0.717, 1.165) is 13.0 Å². The van der Waals surface area contributed by atoms with Gasteiger partial charge in [0.25, 0.3) is 0 Å². The summed E-state index contributed by atoms with van der Waals surface area (Å²) in [6.07, 6.45) is 4.21. The van der Waals surface area contributed by atoms with Crippen LogP contribution in [0.1, 0.15) is 34.7 Å².